The highest BCUT2D eigenvalue weighted by Crippen LogP contribution is 2.48. The molecule has 0 radical (unpaired) electrons. The Morgan fingerprint density at radius 1 is 0.311 bits per heavy atom. The number of rotatable bonds is 6. The van der Waals surface area contributed by atoms with E-state index in [1.807, 2.05) is 0 Å². The van der Waals surface area contributed by atoms with Crippen molar-refractivity contribution in [3.63, 3.8) is 0 Å². The zero-order valence-corrected chi connectivity index (χ0v) is 33.5. The molecule has 1 heteroatoms. The molecule has 0 saturated carbocycles. The topological polar surface area (TPSA) is 9.23 Å². The van der Waals surface area contributed by atoms with E-state index in [0.717, 1.165) is 5.75 Å². The molecule has 1 nitrogen and oxygen atoms in total. The third kappa shape index (κ3) is 6.09. The molecule has 1 aliphatic heterocycles. The first-order valence-electron chi connectivity index (χ1n) is 21.2. The molecule has 0 fully saturated rings. The number of hydrogen-bond donors (Lipinski definition) is 0. The Morgan fingerprint density at radius 2 is 0.836 bits per heavy atom. The van der Waals surface area contributed by atoms with Gasteiger partial charge in [0.2, 0.25) is 0 Å². The van der Waals surface area contributed by atoms with Gasteiger partial charge in [-0.15, -0.1) is 0 Å². The van der Waals surface area contributed by atoms with Crippen LogP contribution in [0, 0.1) is 0 Å². The molecule has 2 aliphatic rings. The molecule has 10 aromatic rings. The molecule has 12 rings (SSSR count). The number of fused-ring (bicyclic) bond motifs is 6. The van der Waals surface area contributed by atoms with E-state index in [2.05, 4.69) is 231 Å². The summed E-state index contributed by atoms with van der Waals surface area (Å²) >= 11 is 0. The summed E-state index contributed by atoms with van der Waals surface area (Å²) in [6, 6.07) is 76.0. The van der Waals surface area contributed by atoms with Crippen molar-refractivity contribution in [2.45, 2.75) is 12.0 Å². The van der Waals surface area contributed by atoms with Gasteiger partial charge in [0.05, 0.1) is 0 Å². The molecule has 2 unspecified atom stereocenters. The normalized spacial score (nSPS) is 15.2. The lowest BCUT2D eigenvalue weighted by Crippen LogP contribution is -2.15. The molecule has 10 aromatic carbocycles. The second-order valence-corrected chi connectivity index (χ2v) is 16.3. The summed E-state index contributed by atoms with van der Waals surface area (Å²) in [7, 11) is 0. The van der Waals surface area contributed by atoms with E-state index >= 15 is 0 Å². The van der Waals surface area contributed by atoms with Crippen LogP contribution in [0.2, 0.25) is 0 Å². The zero-order valence-electron chi connectivity index (χ0n) is 33.5. The third-order valence-electron chi connectivity index (χ3n) is 12.8. The van der Waals surface area contributed by atoms with Crippen LogP contribution < -0.4 is 4.74 Å². The summed E-state index contributed by atoms with van der Waals surface area (Å²) in [5.74, 6) is 1.21. The van der Waals surface area contributed by atoms with Crippen LogP contribution in [0.3, 0.4) is 0 Å². The summed E-state index contributed by atoms with van der Waals surface area (Å²) < 4.78 is 6.34. The fourth-order valence-corrected chi connectivity index (χ4v) is 9.84. The monoisotopic (exact) mass is 776 g/mol. The van der Waals surface area contributed by atoms with Gasteiger partial charge in [0.1, 0.15) is 11.9 Å². The van der Waals surface area contributed by atoms with E-state index in [9.17, 15) is 0 Å². The lowest BCUT2D eigenvalue weighted by molar-refractivity contribution is 0.269. The van der Waals surface area contributed by atoms with E-state index in [4.69, 9.17) is 4.74 Å². The van der Waals surface area contributed by atoms with Crippen molar-refractivity contribution in [1.29, 1.82) is 0 Å². The van der Waals surface area contributed by atoms with Crippen LogP contribution in [0.15, 0.2) is 231 Å². The van der Waals surface area contributed by atoms with Crippen molar-refractivity contribution in [2.75, 3.05) is 0 Å². The van der Waals surface area contributed by atoms with Crippen molar-refractivity contribution in [3.05, 3.63) is 236 Å². The zero-order chi connectivity index (χ0) is 40.3. The Kier molecular flexibility index (Phi) is 8.38. The SMILES string of the molecule is C1=CC2Oc3ccc(-c4cccc(-c5c6ccc(-c7ccccc7)cc6c(-c6ccc(-c7cccc8ccccc78)cc6)c6ccc(-c7ccccc7)cc56)c4)cc3C2C=C1. The van der Waals surface area contributed by atoms with Gasteiger partial charge in [-0.2, -0.15) is 0 Å². The maximum Gasteiger partial charge on any atom is 0.128 e. The Bertz CT molecular complexity index is 3370. The highest BCUT2D eigenvalue weighted by molar-refractivity contribution is 6.22. The van der Waals surface area contributed by atoms with Gasteiger partial charge in [0, 0.05) is 11.5 Å². The average Bonchev–Trinajstić information content (AvgIpc) is 3.71. The first kappa shape index (κ1) is 35.2. The van der Waals surface area contributed by atoms with Gasteiger partial charge in [0.25, 0.3) is 0 Å². The van der Waals surface area contributed by atoms with Crippen LogP contribution >= 0.6 is 0 Å². The Hall–Kier alpha value is -7.74. The fourth-order valence-electron chi connectivity index (χ4n) is 9.84. The quantitative estimate of drug-likeness (QED) is 0.153. The minimum Gasteiger partial charge on any atom is -0.485 e. The summed E-state index contributed by atoms with van der Waals surface area (Å²) in [6.07, 6.45) is 8.72. The van der Waals surface area contributed by atoms with Crippen LogP contribution in [0.5, 0.6) is 5.75 Å². The molecular weight excluding hydrogens is 737 g/mol. The highest BCUT2D eigenvalue weighted by atomic mass is 16.5. The van der Waals surface area contributed by atoms with Crippen LogP contribution in [0.1, 0.15) is 11.5 Å². The van der Waals surface area contributed by atoms with Crippen LogP contribution in [-0.2, 0) is 0 Å². The minimum atomic E-state index is 0.0619. The highest BCUT2D eigenvalue weighted by Gasteiger charge is 2.32. The number of benzene rings is 10. The second kappa shape index (κ2) is 14.5. The molecule has 1 aliphatic carbocycles. The van der Waals surface area contributed by atoms with E-state index < -0.39 is 0 Å². The molecule has 61 heavy (non-hydrogen) atoms. The van der Waals surface area contributed by atoms with E-state index in [-0.39, 0.29) is 12.0 Å². The first-order valence-corrected chi connectivity index (χ1v) is 21.2. The molecular formula is C60H40O. The Labute approximate surface area is 356 Å². The molecule has 286 valence electrons. The summed E-state index contributed by atoms with van der Waals surface area (Å²) in [5, 5.41) is 7.44. The molecule has 1 heterocycles. The smallest absolute Gasteiger partial charge is 0.128 e. The first-order chi connectivity index (χ1) is 30.2. The summed E-state index contributed by atoms with van der Waals surface area (Å²) in [5.41, 5.74) is 15.8. The largest absolute Gasteiger partial charge is 0.485 e. The van der Waals surface area contributed by atoms with Crippen molar-refractivity contribution in [1.82, 2.24) is 0 Å². The molecule has 0 bridgehead atoms. The summed E-state index contributed by atoms with van der Waals surface area (Å²) in [6.45, 7) is 0. The van der Waals surface area contributed by atoms with Gasteiger partial charge in [0.15, 0.2) is 0 Å². The van der Waals surface area contributed by atoms with Crippen molar-refractivity contribution >= 4 is 32.3 Å². The van der Waals surface area contributed by atoms with Crippen LogP contribution in [0.4, 0.5) is 0 Å². The molecule has 0 saturated heterocycles. The number of hydrogen-bond acceptors (Lipinski definition) is 1. The predicted molar refractivity (Wildman–Crippen MR) is 257 cm³/mol. The minimum absolute atomic E-state index is 0.0619. The van der Waals surface area contributed by atoms with Gasteiger partial charge in [-0.1, -0.05) is 194 Å². The third-order valence-corrected chi connectivity index (χ3v) is 12.8. The maximum atomic E-state index is 6.34. The summed E-state index contributed by atoms with van der Waals surface area (Å²) in [4.78, 5) is 0. The second-order valence-electron chi connectivity index (χ2n) is 16.3. The van der Waals surface area contributed by atoms with Crippen molar-refractivity contribution < 1.29 is 4.74 Å². The lowest BCUT2D eigenvalue weighted by atomic mass is 9.83. The molecule has 0 aromatic heterocycles. The molecule has 0 N–H and O–H groups in total. The number of allylic oxidation sites excluding steroid dienone is 2. The molecule has 0 spiro atoms. The standard InChI is InChI=1S/C60H40O/c1-3-13-39(14-4-1)45-30-33-53-55(37-45)59(43-27-25-42(26-28-43)50-23-12-18-41-17-7-8-21-49(41)50)52-32-29-46(40-15-5-2-6-16-40)38-56(52)60(53)48-20-11-19-44(35-48)47-31-34-58-54(36-47)51-22-9-10-24-57(51)61-58/h1-38,51,57H. The van der Waals surface area contributed by atoms with Gasteiger partial charge < -0.3 is 4.74 Å². The van der Waals surface area contributed by atoms with Gasteiger partial charge in [-0.3, -0.25) is 0 Å². The maximum absolute atomic E-state index is 6.34. The van der Waals surface area contributed by atoms with E-state index in [1.54, 1.807) is 0 Å². The van der Waals surface area contributed by atoms with Gasteiger partial charge >= 0.3 is 0 Å². The van der Waals surface area contributed by atoms with E-state index in [1.165, 1.54) is 105 Å². The van der Waals surface area contributed by atoms with Crippen molar-refractivity contribution in [3.8, 4) is 72.5 Å². The van der Waals surface area contributed by atoms with E-state index in [0.29, 0.717) is 0 Å². The molecule has 0 amide bonds. The van der Waals surface area contributed by atoms with Crippen molar-refractivity contribution in [2.24, 2.45) is 0 Å². The lowest BCUT2D eigenvalue weighted by Gasteiger charge is -2.20. The van der Waals surface area contributed by atoms with Crippen LogP contribution in [0.25, 0.3) is 99.1 Å². The Balaban J connectivity index is 1.10. The fraction of sp³-hybridized carbons (Fsp3) is 0.0333. The van der Waals surface area contributed by atoms with Crippen LogP contribution in [-0.4, -0.2) is 6.10 Å². The van der Waals surface area contributed by atoms with Gasteiger partial charge in [-0.05, 0) is 135 Å². The van der Waals surface area contributed by atoms with Gasteiger partial charge in [-0.25, -0.2) is 0 Å². The predicted octanol–water partition coefficient (Wildman–Crippen LogP) is 16.1. The Morgan fingerprint density at radius 3 is 1.57 bits per heavy atom. The number of ether oxygens (including phenoxy) is 1. The molecule has 2 atom stereocenters. The average molecular weight is 777 g/mol.